The van der Waals surface area contributed by atoms with Crippen molar-refractivity contribution < 1.29 is 4.52 Å². The smallest absolute Gasteiger partial charge is 0.191 e. The van der Waals surface area contributed by atoms with Crippen LogP contribution >= 0.6 is 24.0 Å². The van der Waals surface area contributed by atoms with Crippen LogP contribution in [0.5, 0.6) is 0 Å². The Hall–Kier alpha value is -1.77. The number of rotatable bonds is 5. The van der Waals surface area contributed by atoms with Crippen LogP contribution in [0.15, 0.2) is 45.9 Å². The van der Waals surface area contributed by atoms with E-state index in [9.17, 15) is 0 Å². The minimum atomic E-state index is 0. The van der Waals surface area contributed by atoms with Gasteiger partial charge in [-0.2, -0.15) is 0 Å². The molecule has 25 heavy (non-hydrogen) atoms. The van der Waals surface area contributed by atoms with Gasteiger partial charge in [-0.1, -0.05) is 30.3 Å². The number of nitrogens with one attached hydrogen (secondary N) is 2. The number of aromatic nitrogens is 1. The monoisotopic (exact) mass is 455 g/mol. The summed E-state index contributed by atoms with van der Waals surface area (Å²) in [5.74, 6) is 1.62. The van der Waals surface area contributed by atoms with Crippen molar-refractivity contribution in [3.8, 4) is 0 Å². The number of benzene rings is 1. The summed E-state index contributed by atoms with van der Waals surface area (Å²) in [4.78, 5) is 6.70. The summed E-state index contributed by atoms with van der Waals surface area (Å²) >= 11 is 0. The summed E-state index contributed by atoms with van der Waals surface area (Å²) < 4.78 is 5.29. The van der Waals surface area contributed by atoms with E-state index in [2.05, 4.69) is 62.9 Å². The average molecular weight is 455 g/mol. The van der Waals surface area contributed by atoms with Crippen LogP contribution < -0.4 is 15.5 Å². The molecule has 0 saturated carbocycles. The molecule has 0 amide bonds. The van der Waals surface area contributed by atoms with Gasteiger partial charge >= 0.3 is 0 Å². The van der Waals surface area contributed by atoms with Gasteiger partial charge in [-0.05, 0) is 25.0 Å². The molecule has 1 saturated heterocycles. The lowest BCUT2D eigenvalue weighted by Crippen LogP contribution is -2.44. The van der Waals surface area contributed by atoms with Gasteiger partial charge in [-0.15, -0.1) is 24.0 Å². The highest BCUT2D eigenvalue weighted by atomic mass is 127. The zero-order valence-electron chi connectivity index (χ0n) is 14.7. The minimum absolute atomic E-state index is 0. The zero-order chi connectivity index (χ0) is 16.8. The molecule has 2 N–H and O–H groups in total. The fourth-order valence-corrected chi connectivity index (χ4v) is 2.92. The second-order valence-corrected chi connectivity index (χ2v) is 5.98. The highest BCUT2D eigenvalue weighted by Gasteiger charge is 2.23. The number of aryl methyl sites for hydroxylation is 1. The van der Waals surface area contributed by atoms with E-state index in [0.29, 0.717) is 12.6 Å². The van der Waals surface area contributed by atoms with Crippen molar-refractivity contribution in [3.63, 3.8) is 0 Å². The number of para-hydroxylation sites is 1. The summed E-state index contributed by atoms with van der Waals surface area (Å²) in [5.41, 5.74) is 2.25. The van der Waals surface area contributed by atoms with E-state index < -0.39 is 0 Å². The van der Waals surface area contributed by atoms with Gasteiger partial charge in [-0.25, -0.2) is 0 Å². The molecule has 0 aliphatic carbocycles. The lowest BCUT2D eigenvalue weighted by atomic mass is 10.2. The average Bonchev–Trinajstić information content (AvgIpc) is 3.28. The number of nitrogens with zero attached hydrogens (tertiary/aromatic N) is 3. The first-order valence-electron chi connectivity index (χ1n) is 8.50. The standard InChI is InChI=1S/C18H25N5O.HI/c1-3-14-11-17(24-22-14)12-20-18(19-2)21-15-9-10-23(13-15)16-7-5-4-6-8-16;/h4-8,11,15H,3,9-10,12-13H2,1-2H3,(H2,19,20,21);1H. The fourth-order valence-electron chi connectivity index (χ4n) is 2.92. The van der Waals surface area contributed by atoms with Gasteiger partial charge in [-0.3, -0.25) is 4.99 Å². The molecule has 1 fully saturated rings. The SMILES string of the molecule is CCc1cc(CNC(=NC)NC2CCN(c3ccccc3)C2)on1.I. The van der Waals surface area contributed by atoms with Gasteiger partial charge in [0.15, 0.2) is 11.7 Å². The zero-order valence-corrected chi connectivity index (χ0v) is 17.1. The van der Waals surface area contributed by atoms with E-state index in [0.717, 1.165) is 43.3 Å². The van der Waals surface area contributed by atoms with Crippen LogP contribution in [0, 0.1) is 0 Å². The minimum Gasteiger partial charge on any atom is -0.369 e. The molecule has 6 nitrogen and oxygen atoms in total. The van der Waals surface area contributed by atoms with Crippen molar-refractivity contribution in [2.24, 2.45) is 4.99 Å². The summed E-state index contributed by atoms with van der Waals surface area (Å²) in [6, 6.07) is 12.9. The molecular weight excluding hydrogens is 429 g/mol. The molecule has 1 aromatic carbocycles. The molecule has 0 radical (unpaired) electrons. The van der Waals surface area contributed by atoms with Gasteiger partial charge in [0.2, 0.25) is 0 Å². The molecule has 1 aliphatic rings. The van der Waals surface area contributed by atoms with Crippen molar-refractivity contribution in [3.05, 3.63) is 47.9 Å². The van der Waals surface area contributed by atoms with Crippen molar-refractivity contribution in [2.75, 3.05) is 25.0 Å². The van der Waals surface area contributed by atoms with Crippen LogP contribution in [0.2, 0.25) is 0 Å². The van der Waals surface area contributed by atoms with Crippen molar-refractivity contribution in [1.82, 2.24) is 15.8 Å². The third-order valence-electron chi connectivity index (χ3n) is 4.27. The Balaban J connectivity index is 0.00000225. The maximum absolute atomic E-state index is 5.29. The molecule has 2 heterocycles. The van der Waals surface area contributed by atoms with Crippen molar-refractivity contribution in [1.29, 1.82) is 0 Å². The Kier molecular flexibility index (Phi) is 7.54. The Morgan fingerprint density at radius 3 is 2.84 bits per heavy atom. The van der Waals surface area contributed by atoms with Crippen LogP contribution in [-0.2, 0) is 13.0 Å². The molecule has 0 spiro atoms. The van der Waals surface area contributed by atoms with Gasteiger partial charge in [0.25, 0.3) is 0 Å². The number of aliphatic imine (C=N–C) groups is 1. The van der Waals surface area contributed by atoms with E-state index >= 15 is 0 Å². The molecule has 1 aromatic heterocycles. The highest BCUT2D eigenvalue weighted by molar-refractivity contribution is 14.0. The fraction of sp³-hybridized carbons (Fsp3) is 0.444. The number of anilines is 1. The summed E-state index contributed by atoms with van der Waals surface area (Å²) in [6.07, 6.45) is 1.98. The van der Waals surface area contributed by atoms with Crippen LogP contribution in [-0.4, -0.2) is 37.3 Å². The predicted octanol–water partition coefficient (Wildman–Crippen LogP) is 2.80. The second kappa shape index (κ2) is 9.65. The first kappa shape index (κ1) is 19.6. The first-order chi connectivity index (χ1) is 11.8. The van der Waals surface area contributed by atoms with Crippen molar-refractivity contribution >= 4 is 35.6 Å². The van der Waals surface area contributed by atoms with Crippen LogP contribution in [0.25, 0.3) is 0 Å². The number of hydrogen-bond acceptors (Lipinski definition) is 4. The lowest BCUT2D eigenvalue weighted by Gasteiger charge is -2.20. The molecule has 1 aliphatic heterocycles. The third-order valence-corrected chi connectivity index (χ3v) is 4.27. The maximum Gasteiger partial charge on any atom is 0.191 e. The quantitative estimate of drug-likeness (QED) is 0.413. The predicted molar refractivity (Wildman–Crippen MR) is 112 cm³/mol. The molecule has 2 aromatic rings. The first-order valence-corrected chi connectivity index (χ1v) is 8.50. The van der Waals surface area contributed by atoms with Gasteiger partial charge in [0.1, 0.15) is 0 Å². The Bertz CT molecular complexity index is 673. The van der Waals surface area contributed by atoms with E-state index in [1.807, 2.05) is 6.07 Å². The maximum atomic E-state index is 5.29. The molecule has 1 unspecified atom stereocenters. The number of guanidine groups is 1. The van der Waals surface area contributed by atoms with Crippen molar-refractivity contribution in [2.45, 2.75) is 32.4 Å². The third kappa shape index (κ3) is 5.35. The molecule has 1 atom stereocenters. The molecule has 136 valence electrons. The molecule has 3 rings (SSSR count). The Morgan fingerprint density at radius 1 is 1.36 bits per heavy atom. The normalized spacial score (nSPS) is 17.3. The van der Waals surface area contributed by atoms with Crippen LogP contribution in [0.3, 0.4) is 0 Å². The van der Waals surface area contributed by atoms with E-state index in [1.165, 1.54) is 5.69 Å². The Labute approximate surface area is 166 Å². The number of hydrogen-bond donors (Lipinski definition) is 2. The molecular formula is C18H26IN5O. The number of halogens is 1. The summed E-state index contributed by atoms with van der Waals surface area (Å²) in [7, 11) is 1.79. The van der Waals surface area contributed by atoms with Gasteiger partial charge < -0.3 is 20.1 Å². The highest BCUT2D eigenvalue weighted by Crippen LogP contribution is 2.19. The lowest BCUT2D eigenvalue weighted by molar-refractivity contribution is 0.374. The molecule has 7 heteroatoms. The van der Waals surface area contributed by atoms with Crippen LogP contribution in [0.1, 0.15) is 24.8 Å². The summed E-state index contributed by atoms with van der Waals surface area (Å²) in [5, 5.41) is 10.8. The second-order valence-electron chi connectivity index (χ2n) is 5.98. The largest absolute Gasteiger partial charge is 0.369 e. The van der Waals surface area contributed by atoms with Gasteiger partial charge in [0, 0.05) is 37.9 Å². The summed E-state index contributed by atoms with van der Waals surface area (Å²) in [6.45, 7) is 4.68. The topological polar surface area (TPSA) is 65.7 Å². The Morgan fingerprint density at radius 2 is 2.16 bits per heavy atom. The van der Waals surface area contributed by atoms with E-state index in [4.69, 9.17) is 4.52 Å². The molecule has 0 bridgehead atoms. The van der Waals surface area contributed by atoms with Crippen LogP contribution in [0.4, 0.5) is 5.69 Å². The van der Waals surface area contributed by atoms with E-state index in [-0.39, 0.29) is 24.0 Å². The van der Waals surface area contributed by atoms with E-state index in [1.54, 1.807) is 7.05 Å². The van der Waals surface area contributed by atoms with Gasteiger partial charge in [0.05, 0.1) is 12.2 Å².